The van der Waals surface area contributed by atoms with E-state index in [-0.39, 0.29) is 5.00 Å². The van der Waals surface area contributed by atoms with Crippen molar-refractivity contribution in [2.45, 2.75) is 25.0 Å². The van der Waals surface area contributed by atoms with Gasteiger partial charge >= 0.3 is 15.9 Å². The highest BCUT2D eigenvalue weighted by atomic mass is 32.3. The molecular formula is C15H18FN5O4S2. The summed E-state index contributed by atoms with van der Waals surface area (Å²) in [7, 11) is -5.07. The number of thiophene rings is 1. The van der Waals surface area contributed by atoms with Gasteiger partial charge in [0, 0.05) is 18.7 Å². The largest absolute Gasteiger partial charge is 0.397 e. The third kappa shape index (κ3) is 4.39. The molecule has 0 radical (unpaired) electrons. The van der Waals surface area contributed by atoms with Crippen molar-refractivity contribution < 1.29 is 17.2 Å². The zero-order valence-corrected chi connectivity index (χ0v) is 16.5. The lowest BCUT2D eigenvalue weighted by atomic mass is 10.1. The smallest absolute Gasteiger partial charge is 0.342 e. The first-order chi connectivity index (χ1) is 12.6. The fraction of sp³-hybridized carbons (Fsp3) is 0.333. The van der Waals surface area contributed by atoms with Crippen molar-refractivity contribution in [1.82, 2.24) is 0 Å². The van der Waals surface area contributed by atoms with E-state index in [0.717, 1.165) is 18.8 Å². The topological polar surface area (TPSA) is 131 Å². The van der Waals surface area contributed by atoms with Gasteiger partial charge in [-0.25, -0.2) is 0 Å². The van der Waals surface area contributed by atoms with Gasteiger partial charge in [-0.3, -0.25) is 10.1 Å². The van der Waals surface area contributed by atoms with Crippen LogP contribution in [0.15, 0.2) is 32.6 Å². The molecule has 1 aromatic carbocycles. The van der Waals surface area contributed by atoms with Crippen LogP contribution in [0.2, 0.25) is 0 Å². The van der Waals surface area contributed by atoms with Gasteiger partial charge in [0.2, 0.25) is 5.00 Å². The first-order valence-electron chi connectivity index (χ1n) is 7.88. The molecule has 0 aliphatic carbocycles. The highest BCUT2D eigenvalue weighted by Gasteiger charge is 2.26. The number of rotatable bonds is 7. The van der Waals surface area contributed by atoms with Crippen molar-refractivity contribution in [3.8, 4) is 0 Å². The van der Waals surface area contributed by atoms with E-state index >= 15 is 0 Å². The molecule has 9 nitrogen and oxygen atoms in total. The van der Waals surface area contributed by atoms with Crippen LogP contribution < -0.4 is 10.6 Å². The van der Waals surface area contributed by atoms with Crippen molar-refractivity contribution in [3.63, 3.8) is 0 Å². The van der Waals surface area contributed by atoms with Gasteiger partial charge in [0.05, 0.1) is 28.1 Å². The molecule has 0 bridgehead atoms. The Kier molecular flexibility index (Phi) is 6.11. The van der Waals surface area contributed by atoms with Crippen molar-refractivity contribution in [2.75, 3.05) is 23.7 Å². The Morgan fingerprint density at radius 3 is 2.44 bits per heavy atom. The van der Waals surface area contributed by atoms with Crippen LogP contribution in [0.25, 0.3) is 0 Å². The average molecular weight is 415 g/mol. The summed E-state index contributed by atoms with van der Waals surface area (Å²) in [5, 5.41) is 18.4. The van der Waals surface area contributed by atoms with Crippen molar-refractivity contribution in [3.05, 3.63) is 33.9 Å². The van der Waals surface area contributed by atoms with Crippen LogP contribution in [-0.2, 0) is 10.2 Å². The van der Waals surface area contributed by atoms with Crippen LogP contribution >= 0.6 is 11.3 Å². The number of anilines is 2. The summed E-state index contributed by atoms with van der Waals surface area (Å²) in [5.74, 6) is 0. The molecule has 0 saturated carbocycles. The molecule has 0 saturated heterocycles. The SMILES string of the molecule is CCN(CC)c1ccc(N=Nc2sc(S(=O)(=O)F)cc2[N+](=O)[O-])c(C)c1N. The van der Waals surface area contributed by atoms with E-state index in [0.29, 0.717) is 34.3 Å². The summed E-state index contributed by atoms with van der Waals surface area (Å²) in [6.07, 6.45) is 0. The molecule has 1 heterocycles. The van der Waals surface area contributed by atoms with E-state index in [1.54, 1.807) is 19.1 Å². The molecule has 0 unspecified atom stereocenters. The summed E-state index contributed by atoms with van der Waals surface area (Å²) in [6.45, 7) is 7.26. The molecule has 0 fully saturated rings. The third-order valence-electron chi connectivity index (χ3n) is 3.92. The molecular weight excluding hydrogens is 397 g/mol. The van der Waals surface area contributed by atoms with Crippen molar-refractivity contribution in [2.24, 2.45) is 10.2 Å². The van der Waals surface area contributed by atoms with Crippen LogP contribution in [0, 0.1) is 17.0 Å². The number of hydrogen-bond acceptors (Lipinski definition) is 9. The predicted octanol–water partition coefficient (Wildman–Crippen LogP) is 4.47. The average Bonchev–Trinajstić information content (AvgIpc) is 3.03. The Balaban J connectivity index is 2.46. The molecule has 0 aliphatic rings. The van der Waals surface area contributed by atoms with E-state index in [1.807, 2.05) is 13.8 Å². The molecule has 27 heavy (non-hydrogen) atoms. The summed E-state index contributed by atoms with van der Waals surface area (Å²) < 4.78 is 34.3. The number of hydrogen-bond donors (Lipinski definition) is 1. The van der Waals surface area contributed by atoms with Crippen molar-refractivity contribution >= 4 is 49.3 Å². The molecule has 1 aromatic heterocycles. The number of nitrogens with two attached hydrogens (primary N) is 1. The lowest BCUT2D eigenvalue weighted by Gasteiger charge is -2.24. The first-order valence-corrected chi connectivity index (χ1v) is 10.1. The number of azo groups is 1. The summed E-state index contributed by atoms with van der Waals surface area (Å²) >= 11 is 0.335. The van der Waals surface area contributed by atoms with E-state index in [9.17, 15) is 22.4 Å². The second kappa shape index (κ2) is 7.96. The zero-order chi connectivity index (χ0) is 20.4. The van der Waals surface area contributed by atoms with Gasteiger partial charge in [0.25, 0.3) is 0 Å². The molecule has 0 atom stereocenters. The maximum atomic E-state index is 13.1. The van der Waals surface area contributed by atoms with Gasteiger partial charge in [0.1, 0.15) is 0 Å². The normalized spacial score (nSPS) is 11.9. The molecule has 0 spiro atoms. The van der Waals surface area contributed by atoms with Gasteiger partial charge in [0.15, 0.2) is 4.21 Å². The zero-order valence-electron chi connectivity index (χ0n) is 14.8. The van der Waals surface area contributed by atoms with Crippen LogP contribution in [0.1, 0.15) is 19.4 Å². The minimum atomic E-state index is -5.07. The van der Waals surface area contributed by atoms with Gasteiger partial charge < -0.3 is 10.6 Å². The number of benzene rings is 1. The van der Waals surface area contributed by atoms with Crippen LogP contribution in [-0.4, -0.2) is 26.4 Å². The summed E-state index contributed by atoms with van der Waals surface area (Å²) in [6, 6.07) is 4.05. The predicted molar refractivity (Wildman–Crippen MR) is 103 cm³/mol. The fourth-order valence-electron chi connectivity index (χ4n) is 2.42. The second-order valence-corrected chi connectivity index (χ2v) is 8.07. The lowest BCUT2D eigenvalue weighted by molar-refractivity contribution is -0.383. The fourth-order valence-corrected chi connectivity index (χ4v) is 3.99. The van der Waals surface area contributed by atoms with E-state index < -0.39 is 25.0 Å². The first kappa shape index (κ1) is 20.7. The van der Waals surface area contributed by atoms with Gasteiger partial charge in [-0.05, 0) is 32.9 Å². The molecule has 2 aromatic rings. The van der Waals surface area contributed by atoms with E-state index in [2.05, 4.69) is 15.1 Å². The minimum Gasteiger partial charge on any atom is -0.397 e. The monoisotopic (exact) mass is 415 g/mol. The standard InChI is InChI=1S/C15H18FN5O4S2/c1-4-20(5-2)11-7-6-10(9(3)14(11)17)18-19-15-12(21(22)23)8-13(26-15)27(16,24)25/h6-8H,4-5,17H2,1-3H3. The molecule has 2 rings (SSSR count). The summed E-state index contributed by atoms with van der Waals surface area (Å²) in [4.78, 5) is 12.3. The van der Waals surface area contributed by atoms with E-state index in [1.165, 1.54) is 0 Å². The lowest BCUT2D eigenvalue weighted by Crippen LogP contribution is -2.23. The van der Waals surface area contributed by atoms with Gasteiger partial charge in [-0.15, -0.1) is 10.2 Å². The molecule has 0 amide bonds. The maximum absolute atomic E-state index is 13.1. The Hall–Kier alpha value is -2.60. The number of halogens is 1. The van der Waals surface area contributed by atoms with Gasteiger partial charge in [-0.2, -0.15) is 8.42 Å². The van der Waals surface area contributed by atoms with Crippen LogP contribution in [0.5, 0.6) is 0 Å². The quantitative estimate of drug-likeness (QED) is 0.233. The number of nitrogens with zero attached hydrogens (tertiary/aromatic N) is 4. The Labute approximate surface area is 159 Å². The highest BCUT2D eigenvalue weighted by Crippen LogP contribution is 2.41. The Morgan fingerprint density at radius 2 is 1.93 bits per heavy atom. The second-order valence-electron chi connectivity index (χ2n) is 5.47. The Bertz CT molecular complexity index is 1000. The van der Waals surface area contributed by atoms with Crippen LogP contribution in [0.4, 0.5) is 31.6 Å². The van der Waals surface area contributed by atoms with Crippen molar-refractivity contribution in [1.29, 1.82) is 0 Å². The molecule has 146 valence electrons. The molecule has 0 aliphatic heterocycles. The minimum absolute atomic E-state index is 0.318. The van der Waals surface area contributed by atoms with Gasteiger partial charge in [-0.1, -0.05) is 15.2 Å². The van der Waals surface area contributed by atoms with Crippen LogP contribution in [0.3, 0.4) is 0 Å². The number of nitrogen functional groups attached to an aromatic ring is 1. The molecule has 12 heteroatoms. The molecule has 2 N–H and O–H groups in total. The Morgan fingerprint density at radius 1 is 1.30 bits per heavy atom. The third-order valence-corrected chi connectivity index (χ3v) is 6.17. The van der Waals surface area contributed by atoms with E-state index in [4.69, 9.17) is 5.73 Å². The highest BCUT2D eigenvalue weighted by molar-refractivity contribution is 7.88. The maximum Gasteiger partial charge on any atom is 0.342 e. The number of nitro groups is 1. The summed E-state index contributed by atoms with van der Waals surface area (Å²) in [5.41, 5.74) is 7.87.